The van der Waals surface area contributed by atoms with Crippen molar-refractivity contribution in [1.29, 1.82) is 0 Å². The number of hydrogen-bond donors (Lipinski definition) is 0. The Labute approximate surface area is 135 Å². The molecule has 1 aliphatic heterocycles. The lowest BCUT2D eigenvalue weighted by molar-refractivity contribution is 0.0894. The number of anilines is 1. The zero-order valence-corrected chi connectivity index (χ0v) is 13.3. The highest BCUT2D eigenvalue weighted by Gasteiger charge is 2.21. The van der Waals surface area contributed by atoms with Gasteiger partial charge in [0.1, 0.15) is 12.4 Å². The minimum absolute atomic E-state index is 0.392. The zero-order chi connectivity index (χ0) is 15.5. The molecule has 1 aliphatic carbocycles. The largest absolute Gasteiger partial charge is 0.371 e. The van der Waals surface area contributed by atoms with Gasteiger partial charge >= 0.3 is 0 Å². The first-order valence-electron chi connectivity index (χ1n) is 8.50. The lowest BCUT2D eigenvalue weighted by Gasteiger charge is -2.27. The van der Waals surface area contributed by atoms with E-state index < -0.39 is 0 Å². The van der Waals surface area contributed by atoms with Crippen molar-refractivity contribution in [3.63, 3.8) is 0 Å². The van der Waals surface area contributed by atoms with Crippen LogP contribution in [0.4, 0.5) is 5.82 Å². The van der Waals surface area contributed by atoms with E-state index in [4.69, 9.17) is 9.26 Å². The predicted molar refractivity (Wildman–Crippen MR) is 86.0 cm³/mol. The third-order valence-electron chi connectivity index (χ3n) is 4.43. The Morgan fingerprint density at radius 2 is 2.04 bits per heavy atom. The molecule has 0 aromatic carbocycles. The average molecular weight is 314 g/mol. The number of aromatic nitrogens is 3. The normalized spacial score (nSPS) is 18.3. The molecule has 2 aromatic heterocycles. The number of rotatable bonds is 6. The summed E-state index contributed by atoms with van der Waals surface area (Å²) in [6.07, 6.45) is 8.21. The maximum absolute atomic E-state index is 5.57. The van der Waals surface area contributed by atoms with Crippen LogP contribution in [0.5, 0.6) is 0 Å². The van der Waals surface area contributed by atoms with Crippen LogP contribution in [0, 0.1) is 5.92 Å². The topological polar surface area (TPSA) is 64.3 Å². The van der Waals surface area contributed by atoms with Gasteiger partial charge in [0.25, 0.3) is 5.89 Å². The average Bonchev–Trinajstić information content (AvgIpc) is 3.32. The third kappa shape index (κ3) is 3.69. The molecule has 0 amide bonds. The van der Waals surface area contributed by atoms with Crippen LogP contribution in [0.3, 0.4) is 0 Å². The molecule has 1 saturated carbocycles. The molecule has 122 valence electrons. The van der Waals surface area contributed by atoms with Gasteiger partial charge in [-0.1, -0.05) is 5.16 Å². The molecule has 0 unspecified atom stereocenters. The maximum atomic E-state index is 5.57. The minimum Gasteiger partial charge on any atom is -0.371 e. The molecule has 4 rings (SSSR count). The van der Waals surface area contributed by atoms with Gasteiger partial charge < -0.3 is 14.2 Å². The molecular formula is C17H22N4O2. The first kappa shape index (κ1) is 14.6. The van der Waals surface area contributed by atoms with Crippen molar-refractivity contribution in [3.05, 3.63) is 24.2 Å². The Hall–Kier alpha value is -1.95. The monoisotopic (exact) mass is 314 g/mol. The standard InChI is InChI=1S/C17H22N4O2/c1-2-8-21(9-3-1)15-7-6-14(10-18-15)17-19-16(23-20-17)12-22-11-13-4-5-13/h6-7,10,13H,1-5,8-9,11-12H2. The molecule has 0 bridgehead atoms. The lowest BCUT2D eigenvalue weighted by Crippen LogP contribution is -2.29. The van der Waals surface area contributed by atoms with Crippen LogP contribution in [0.25, 0.3) is 11.4 Å². The van der Waals surface area contributed by atoms with Gasteiger partial charge in [-0.3, -0.25) is 0 Å². The highest BCUT2D eigenvalue weighted by atomic mass is 16.5. The first-order valence-corrected chi connectivity index (χ1v) is 8.50. The van der Waals surface area contributed by atoms with Crippen molar-refractivity contribution in [2.24, 2.45) is 5.92 Å². The number of piperidine rings is 1. The Balaban J connectivity index is 1.38. The molecule has 6 nitrogen and oxygen atoms in total. The number of pyridine rings is 1. The first-order chi connectivity index (χ1) is 11.4. The molecule has 2 aliphatic rings. The van der Waals surface area contributed by atoms with Gasteiger partial charge in [-0.05, 0) is 50.2 Å². The summed E-state index contributed by atoms with van der Waals surface area (Å²) in [7, 11) is 0. The van der Waals surface area contributed by atoms with E-state index in [-0.39, 0.29) is 0 Å². The van der Waals surface area contributed by atoms with Gasteiger partial charge in [0.05, 0.1) is 6.61 Å². The fourth-order valence-corrected chi connectivity index (χ4v) is 2.86. The van der Waals surface area contributed by atoms with E-state index in [2.05, 4.69) is 20.0 Å². The quantitative estimate of drug-likeness (QED) is 0.816. The van der Waals surface area contributed by atoms with Crippen LogP contribution in [-0.4, -0.2) is 34.8 Å². The highest BCUT2D eigenvalue weighted by molar-refractivity contribution is 5.55. The predicted octanol–water partition coefficient (Wildman–Crippen LogP) is 3.05. The fourth-order valence-electron chi connectivity index (χ4n) is 2.86. The number of ether oxygens (including phenoxy) is 1. The second kappa shape index (κ2) is 6.66. The second-order valence-corrected chi connectivity index (χ2v) is 6.42. The smallest absolute Gasteiger partial charge is 0.252 e. The van der Waals surface area contributed by atoms with Gasteiger partial charge in [-0.25, -0.2) is 4.98 Å². The van der Waals surface area contributed by atoms with E-state index in [0.29, 0.717) is 18.3 Å². The molecular weight excluding hydrogens is 292 g/mol. The zero-order valence-electron chi connectivity index (χ0n) is 13.3. The maximum Gasteiger partial charge on any atom is 0.252 e. The van der Waals surface area contributed by atoms with E-state index in [1.54, 1.807) is 0 Å². The summed E-state index contributed by atoms with van der Waals surface area (Å²) < 4.78 is 10.8. The Bertz CT molecular complexity index is 630. The number of hydrogen-bond acceptors (Lipinski definition) is 6. The van der Waals surface area contributed by atoms with Crippen LogP contribution >= 0.6 is 0 Å². The van der Waals surface area contributed by atoms with Crippen LogP contribution in [-0.2, 0) is 11.3 Å². The van der Waals surface area contributed by atoms with Crippen LogP contribution in [0.2, 0.25) is 0 Å². The molecule has 0 spiro atoms. The van der Waals surface area contributed by atoms with Gasteiger partial charge in [0.2, 0.25) is 5.82 Å². The SMILES string of the molecule is c1cc(N2CCCCC2)ncc1-c1noc(COCC2CC2)n1. The summed E-state index contributed by atoms with van der Waals surface area (Å²) in [5.41, 5.74) is 0.878. The third-order valence-corrected chi connectivity index (χ3v) is 4.43. The van der Waals surface area contributed by atoms with E-state index >= 15 is 0 Å². The molecule has 3 heterocycles. The van der Waals surface area contributed by atoms with Crippen LogP contribution in [0.15, 0.2) is 22.9 Å². The van der Waals surface area contributed by atoms with Gasteiger partial charge in [0.15, 0.2) is 0 Å². The van der Waals surface area contributed by atoms with Crippen molar-refractivity contribution >= 4 is 5.82 Å². The molecule has 0 N–H and O–H groups in total. The summed E-state index contributed by atoms with van der Waals surface area (Å²) in [6.45, 7) is 3.38. The van der Waals surface area contributed by atoms with Gasteiger partial charge in [0, 0.05) is 24.8 Å². The summed E-state index contributed by atoms with van der Waals surface area (Å²) in [4.78, 5) is 11.3. The summed E-state index contributed by atoms with van der Waals surface area (Å²) in [6, 6.07) is 4.05. The molecule has 2 aromatic rings. The molecule has 0 atom stereocenters. The van der Waals surface area contributed by atoms with Crippen LogP contribution < -0.4 is 4.90 Å². The molecule has 23 heavy (non-hydrogen) atoms. The van der Waals surface area contributed by atoms with Crippen LogP contribution in [0.1, 0.15) is 38.0 Å². The van der Waals surface area contributed by atoms with Gasteiger partial charge in [-0.2, -0.15) is 4.98 Å². The second-order valence-electron chi connectivity index (χ2n) is 6.42. The van der Waals surface area contributed by atoms with E-state index in [9.17, 15) is 0 Å². The minimum atomic E-state index is 0.392. The van der Waals surface area contributed by atoms with Crippen molar-refractivity contribution in [3.8, 4) is 11.4 Å². The van der Waals surface area contributed by atoms with E-state index in [1.807, 2.05) is 18.3 Å². The summed E-state index contributed by atoms with van der Waals surface area (Å²) >= 11 is 0. The Morgan fingerprint density at radius 3 is 2.78 bits per heavy atom. The lowest BCUT2D eigenvalue weighted by atomic mass is 10.1. The van der Waals surface area contributed by atoms with Gasteiger partial charge in [-0.15, -0.1) is 0 Å². The highest BCUT2D eigenvalue weighted by Crippen LogP contribution is 2.29. The molecule has 0 radical (unpaired) electrons. The van der Waals surface area contributed by atoms with Crippen molar-refractivity contribution < 1.29 is 9.26 Å². The summed E-state index contributed by atoms with van der Waals surface area (Å²) in [5, 5.41) is 4.02. The Kier molecular flexibility index (Phi) is 4.24. The van der Waals surface area contributed by atoms with Crippen molar-refractivity contribution in [1.82, 2.24) is 15.1 Å². The Morgan fingerprint density at radius 1 is 1.17 bits per heavy atom. The molecule has 2 fully saturated rings. The van der Waals surface area contributed by atoms with Crippen molar-refractivity contribution in [2.45, 2.75) is 38.7 Å². The number of nitrogens with zero attached hydrogens (tertiary/aromatic N) is 4. The molecule has 6 heteroatoms. The van der Waals surface area contributed by atoms with Crippen molar-refractivity contribution in [2.75, 3.05) is 24.6 Å². The molecule has 1 saturated heterocycles. The van der Waals surface area contributed by atoms with E-state index in [0.717, 1.165) is 37.0 Å². The fraction of sp³-hybridized carbons (Fsp3) is 0.588. The van der Waals surface area contributed by atoms with E-state index in [1.165, 1.54) is 32.1 Å². The summed E-state index contributed by atoms with van der Waals surface area (Å²) in [5.74, 6) is 2.88.